The van der Waals surface area contributed by atoms with Crippen molar-refractivity contribution < 1.29 is 8.78 Å². The van der Waals surface area contributed by atoms with Crippen LogP contribution >= 0.6 is 22.6 Å². The summed E-state index contributed by atoms with van der Waals surface area (Å²) in [6.45, 7) is 2.93. The van der Waals surface area contributed by atoms with Gasteiger partial charge < -0.3 is 5.32 Å². The van der Waals surface area contributed by atoms with Crippen molar-refractivity contribution in [2.75, 3.05) is 6.54 Å². The summed E-state index contributed by atoms with van der Waals surface area (Å²) in [6.07, 6.45) is 1.43. The van der Waals surface area contributed by atoms with Crippen LogP contribution in [-0.4, -0.2) is 6.54 Å². The maximum atomic E-state index is 13.9. The van der Waals surface area contributed by atoms with E-state index in [-0.39, 0.29) is 6.04 Å². The standard InChI is InChI=1S/C17H18F2IN/c1-2-9-21-16(12-5-3-7-14(20)10-12)11-13-6-4-8-15(18)17(13)19/h3-8,10,16,21H,2,9,11H2,1H3. The predicted octanol–water partition coefficient (Wildman–Crippen LogP) is 4.85. The molecule has 2 aromatic rings. The summed E-state index contributed by atoms with van der Waals surface area (Å²) in [7, 11) is 0. The number of nitrogens with one attached hydrogen (secondary N) is 1. The van der Waals surface area contributed by atoms with Crippen molar-refractivity contribution in [3.8, 4) is 0 Å². The van der Waals surface area contributed by atoms with Gasteiger partial charge in [-0.25, -0.2) is 8.78 Å². The Hall–Kier alpha value is -1.01. The molecule has 0 fully saturated rings. The first kappa shape index (κ1) is 16.4. The zero-order valence-electron chi connectivity index (χ0n) is 11.9. The van der Waals surface area contributed by atoms with E-state index in [4.69, 9.17) is 0 Å². The summed E-state index contributed by atoms with van der Waals surface area (Å²) in [5.41, 5.74) is 1.50. The van der Waals surface area contributed by atoms with Crippen LogP contribution in [-0.2, 0) is 6.42 Å². The zero-order valence-corrected chi connectivity index (χ0v) is 14.0. The van der Waals surface area contributed by atoms with Gasteiger partial charge in [0, 0.05) is 9.61 Å². The van der Waals surface area contributed by atoms with Gasteiger partial charge in [-0.2, -0.15) is 0 Å². The highest BCUT2D eigenvalue weighted by Gasteiger charge is 2.16. The fraction of sp³-hybridized carbons (Fsp3) is 0.294. The van der Waals surface area contributed by atoms with Crippen molar-refractivity contribution in [2.45, 2.75) is 25.8 Å². The average molecular weight is 401 g/mol. The lowest BCUT2D eigenvalue weighted by molar-refractivity contribution is 0.477. The summed E-state index contributed by atoms with van der Waals surface area (Å²) < 4.78 is 28.4. The van der Waals surface area contributed by atoms with Crippen molar-refractivity contribution >= 4 is 22.6 Å². The van der Waals surface area contributed by atoms with Gasteiger partial charge in [-0.15, -0.1) is 0 Å². The van der Waals surface area contributed by atoms with Crippen molar-refractivity contribution in [2.24, 2.45) is 0 Å². The Balaban J connectivity index is 2.26. The third kappa shape index (κ3) is 4.48. The van der Waals surface area contributed by atoms with Gasteiger partial charge in [-0.05, 0) is 71.3 Å². The molecule has 1 N–H and O–H groups in total. The molecule has 0 heterocycles. The Labute approximate surface area is 137 Å². The van der Waals surface area contributed by atoms with Gasteiger partial charge in [0.2, 0.25) is 0 Å². The molecule has 0 radical (unpaired) electrons. The van der Waals surface area contributed by atoms with Crippen molar-refractivity contribution in [3.05, 3.63) is 68.8 Å². The van der Waals surface area contributed by atoms with Crippen molar-refractivity contribution in [1.29, 1.82) is 0 Å². The average Bonchev–Trinajstić information content (AvgIpc) is 2.47. The Morgan fingerprint density at radius 1 is 1.14 bits per heavy atom. The van der Waals surface area contributed by atoms with E-state index in [0.29, 0.717) is 12.0 Å². The van der Waals surface area contributed by atoms with Crippen LogP contribution < -0.4 is 5.32 Å². The van der Waals surface area contributed by atoms with E-state index >= 15 is 0 Å². The predicted molar refractivity (Wildman–Crippen MR) is 90.3 cm³/mol. The first-order valence-corrected chi connectivity index (χ1v) is 8.11. The summed E-state index contributed by atoms with van der Waals surface area (Å²) in [5, 5.41) is 3.42. The Bertz CT molecular complexity index is 601. The molecule has 0 aliphatic heterocycles. The normalized spacial score (nSPS) is 12.4. The van der Waals surface area contributed by atoms with Crippen molar-refractivity contribution in [1.82, 2.24) is 5.32 Å². The second-order valence-electron chi connectivity index (χ2n) is 4.98. The van der Waals surface area contributed by atoms with Crippen LogP contribution in [0.5, 0.6) is 0 Å². The Morgan fingerprint density at radius 2 is 1.90 bits per heavy atom. The molecule has 21 heavy (non-hydrogen) atoms. The molecule has 2 rings (SSSR count). The molecule has 0 bridgehead atoms. The van der Waals surface area contributed by atoms with Gasteiger partial charge in [0.1, 0.15) is 0 Å². The number of rotatable bonds is 6. The van der Waals surface area contributed by atoms with E-state index in [1.807, 2.05) is 18.2 Å². The second kappa shape index (κ2) is 7.84. The van der Waals surface area contributed by atoms with Gasteiger partial charge in [-0.3, -0.25) is 0 Å². The molecule has 1 atom stereocenters. The first-order valence-electron chi connectivity index (χ1n) is 7.03. The summed E-state index contributed by atoms with van der Waals surface area (Å²) in [4.78, 5) is 0. The van der Waals surface area contributed by atoms with Gasteiger partial charge in [0.25, 0.3) is 0 Å². The number of hydrogen-bond donors (Lipinski definition) is 1. The number of hydrogen-bond acceptors (Lipinski definition) is 1. The van der Waals surface area contributed by atoms with Crippen LogP contribution in [0.2, 0.25) is 0 Å². The maximum Gasteiger partial charge on any atom is 0.162 e. The minimum atomic E-state index is -0.788. The van der Waals surface area contributed by atoms with Crippen LogP contribution in [0, 0.1) is 15.2 Å². The first-order chi connectivity index (χ1) is 10.1. The Kier molecular flexibility index (Phi) is 6.11. The van der Waals surface area contributed by atoms with Crippen LogP contribution in [0.15, 0.2) is 42.5 Å². The molecule has 0 aliphatic carbocycles. The molecule has 112 valence electrons. The highest BCUT2D eigenvalue weighted by atomic mass is 127. The Morgan fingerprint density at radius 3 is 2.62 bits per heavy atom. The lowest BCUT2D eigenvalue weighted by atomic mass is 9.98. The van der Waals surface area contributed by atoms with Gasteiger partial charge >= 0.3 is 0 Å². The van der Waals surface area contributed by atoms with E-state index in [9.17, 15) is 8.78 Å². The minimum Gasteiger partial charge on any atom is -0.310 e. The van der Waals surface area contributed by atoms with E-state index < -0.39 is 11.6 Å². The molecule has 4 heteroatoms. The van der Waals surface area contributed by atoms with Crippen LogP contribution in [0.1, 0.15) is 30.5 Å². The highest BCUT2D eigenvalue weighted by Crippen LogP contribution is 2.23. The molecule has 1 nitrogen and oxygen atoms in total. The molecule has 2 aromatic carbocycles. The van der Waals surface area contributed by atoms with E-state index in [1.54, 1.807) is 12.1 Å². The topological polar surface area (TPSA) is 12.0 Å². The number of halogens is 3. The molecule has 1 unspecified atom stereocenters. The fourth-order valence-electron chi connectivity index (χ4n) is 2.28. The summed E-state index contributed by atoms with van der Waals surface area (Å²) in [5.74, 6) is -1.53. The van der Waals surface area contributed by atoms with Crippen LogP contribution in [0.4, 0.5) is 8.78 Å². The highest BCUT2D eigenvalue weighted by molar-refractivity contribution is 14.1. The smallest absolute Gasteiger partial charge is 0.162 e. The fourth-order valence-corrected chi connectivity index (χ4v) is 2.84. The SMILES string of the molecule is CCCNC(Cc1cccc(F)c1F)c1cccc(I)c1. The lowest BCUT2D eigenvalue weighted by Gasteiger charge is -2.20. The van der Waals surface area contributed by atoms with Gasteiger partial charge in [-0.1, -0.05) is 31.2 Å². The van der Waals surface area contributed by atoms with Gasteiger partial charge in [0.15, 0.2) is 11.6 Å². The molecule has 0 saturated heterocycles. The van der Waals surface area contributed by atoms with Crippen LogP contribution in [0.25, 0.3) is 0 Å². The summed E-state index contributed by atoms with van der Waals surface area (Å²) in [6, 6.07) is 12.4. The minimum absolute atomic E-state index is 0.0176. The van der Waals surface area contributed by atoms with Crippen LogP contribution in [0.3, 0.4) is 0 Å². The zero-order chi connectivity index (χ0) is 15.2. The molecule has 0 saturated carbocycles. The quantitative estimate of drug-likeness (QED) is 0.683. The van der Waals surface area contributed by atoms with E-state index in [0.717, 1.165) is 28.2 Å². The number of benzene rings is 2. The largest absolute Gasteiger partial charge is 0.310 e. The maximum absolute atomic E-state index is 13.9. The lowest BCUT2D eigenvalue weighted by Crippen LogP contribution is -2.24. The molecule has 0 amide bonds. The third-order valence-corrected chi connectivity index (χ3v) is 4.02. The molecule has 0 aromatic heterocycles. The second-order valence-corrected chi connectivity index (χ2v) is 6.22. The molecule has 0 aliphatic rings. The molecule has 0 spiro atoms. The molecular weight excluding hydrogens is 383 g/mol. The van der Waals surface area contributed by atoms with E-state index in [2.05, 4.69) is 40.9 Å². The van der Waals surface area contributed by atoms with Crippen molar-refractivity contribution in [3.63, 3.8) is 0 Å². The summed E-state index contributed by atoms with van der Waals surface area (Å²) >= 11 is 2.26. The van der Waals surface area contributed by atoms with E-state index in [1.165, 1.54) is 0 Å². The molecular formula is C17H18F2IN. The third-order valence-electron chi connectivity index (χ3n) is 3.35. The monoisotopic (exact) mass is 401 g/mol. The van der Waals surface area contributed by atoms with Gasteiger partial charge in [0.05, 0.1) is 0 Å².